The number of aliphatic hydroxyl groups excluding tert-OH is 2. The first-order valence-corrected chi connectivity index (χ1v) is 14.0. The highest BCUT2D eigenvalue weighted by Crippen LogP contribution is 2.88. The van der Waals surface area contributed by atoms with Crippen LogP contribution in [0, 0.1) is 50.7 Å². The number of rotatable bonds is 2. The quantitative estimate of drug-likeness (QED) is 0.512. The molecule has 0 radical (unpaired) electrons. The molecule has 4 heteroatoms. The second kappa shape index (κ2) is 6.98. The summed E-state index contributed by atoms with van der Waals surface area (Å²) in [6.45, 7) is 13.6. The Bertz CT molecular complexity index is 934. The molecule has 190 valence electrons. The van der Waals surface area contributed by atoms with E-state index in [1.807, 2.05) is 19.9 Å². The highest BCUT2D eigenvalue weighted by Gasteiger charge is 2.82. The summed E-state index contributed by atoms with van der Waals surface area (Å²) in [6, 6.07) is 0. The summed E-state index contributed by atoms with van der Waals surface area (Å²) in [7, 11) is 0. The molecule has 2 N–H and O–H groups in total. The Kier molecular flexibility index (Phi) is 4.86. The summed E-state index contributed by atoms with van der Waals surface area (Å²) in [6.07, 6.45) is 10.4. The minimum absolute atomic E-state index is 0.107. The maximum atomic E-state index is 12.9. The number of Topliss-reactive ketones (excluding diaryl/α,β-unsaturated/α-hetero) is 1. The lowest BCUT2D eigenvalue weighted by atomic mass is 9.42. The topological polar surface area (TPSA) is 66.8 Å². The van der Waals surface area contributed by atoms with E-state index < -0.39 is 18.5 Å². The molecule has 5 saturated carbocycles. The molecule has 5 aliphatic carbocycles. The Labute approximate surface area is 205 Å². The first-order chi connectivity index (χ1) is 15.8. The lowest BCUT2D eigenvalue weighted by Crippen LogP contribution is -2.57. The van der Waals surface area contributed by atoms with Gasteiger partial charge in [0.25, 0.3) is 0 Å². The van der Waals surface area contributed by atoms with Gasteiger partial charge in [0, 0.05) is 17.8 Å². The smallest absolute Gasteiger partial charge is 0.161 e. The van der Waals surface area contributed by atoms with Gasteiger partial charge in [-0.1, -0.05) is 39.3 Å². The first-order valence-electron chi connectivity index (χ1n) is 14.0. The lowest BCUT2D eigenvalue weighted by molar-refractivity contribution is -0.166. The van der Waals surface area contributed by atoms with E-state index in [-0.39, 0.29) is 28.1 Å². The molecule has 0 aromatic heterocycles. The van der Waals surface area contributed by atoms with Crippen LogP contribution in [0.3, 0.4) is 0 Å². The van der Waals surface area contributed by atoms with Gasteiger partial charge in [-0.15, -0.1) is 0 Å². The molecule has 0 amide bonds. The van der Waals surface area contributed by atoms with Crippen molar-refractivity contribution in [1.82, 2.24) is 0 Å². The third-order valence-electron chi connectivity index (χ3n) is 13.2. The first kappa shape index (κ1) is 23.7. The molecule has 1 heterocycles. The minimum atomic E-state index is -0.885. The van der Waals surface area contributed by atoms with Gasteiger partial charge in [-0.3, -0.25) is 4.79 Å². The molecule has 6 aliphatic rings. The third kappa shape index (κ3) is 2.59. The van der Waals surface area contributed by atoms with Crippen molar-refractivity contribution in [3.63, 3.8) is 0 Å². The largest absolute Gasteiger partial charge is 0.390 e. The summed E-state index contributed by atoms with van der Waals surface area (Å²) in [5.41, 5.74) is 2.09. The number of allylic oxidation sites excluding steroid dienone is 1. The predicted molar refractivity (Wildman–Crippen MR) is 132 cm³/mol. The fourth-order valence-electron chi connectivity index (χ4n) is 11.5. The van der Waals surface area contributed by atoms with Gasteiger partial charge in [-0.2, -0.15) is 0 Å². The summed E-state index contributed by atoms with van der Waals surface area (Å²) in [4.78, 5) is 12.9. The van der Waals surface area contributed by atoms with Gasteiger partial charge in [0.1, 0.15) is 11.9 Å². The van der Waals surface area contributed by atoms with Crippen LogP contribution in [0.1, 0.15) is 99.3 Å². The summed E-state index contributed by atoms with van der Waals surface area (Å²) >= 11 is 0. The number of carbonyl (C=O) groups excluding carboxylic acids is 1. The Balaban J connectivity index is 1.32. The standard InChI is InChI=1S/C30H46O4/c1-17(2)15-19-24(32)23(25(33)34-19)18-9-11-28(6)21-8-7-20-26(3,4)22(31)10-12-29(20)16-30(21,29)14-13-27(18,28)5/h15,18-21,23-25,32-33H,7-14,16H2,1-6H3/t18-,19+,20+,21+,23+,24-,25+,27-,28+,29-,30+/m1/s1. The number of aliphatic hydroxyl groups is 2. The number of ether oxygens (including phenoxy) is 1. The van der Waals surface area contributed by atoms with Crippen LogP contribution < -0.4 is 0 Å². The van der Waals surface area contributed by atoms with Crippen molar-refractivity contribution in [2.75, 3.05) is 0 Å². The van der Waals surface area contributed by atoms with Crippen LogP contribution in [0.5, 0.6) is 0 Å². The zero-order chi connectivity index (χ0) is 24.5. The molecule has 6 rings (SSSR count). The molecule has 4 nitrogen and oxygen atoms in total. The second-order valence-electron chi connectivity index (χ2n) is 14.6. The summed E-state index contributed by atoms with van der Waals surface area (Å²) < 4.78 is 5.90. The SMILES string of the molecule is CC(C)=C[C@@H]1O[C@H](O)[C@@H]([C@H]2CC[C@@]3(C)[C@@H]4CC[C@H]5C(C)(C)C(=O)CC[C@@]56C[C@@]46CC[C@]23C)[C@@H]1O. The molecule has 34 heavy (non-hydrogen) atoms. The maximum absolute atomic E-state index is 12.9. The van der Waals surface area contributed by atoms with Crippen LogP contribution in [-0.4, -0.2) is 34.5 Å². The summed E-state index contributed by atoms with van der Waals surface area (Å²) in [5, 5.41) is 22.3. The average molecular weight is 471 g/mol. The maximum Gasteiger partial charge on any atom is 0.161 e. The van der Waals surface area contributed by atoms with Crippen molar-refractivity contribution >= 4 is 5.78 Å². The summed E-state index contributed by atoms with van der Waals surface area (Å²) in [5.74, 6) is 1.82. The zero-order valence-corrected chi connectivity index (χ0v) is 22.2. The second-order valence-corrected chi connectivity index (χ2v) is 14.6. The Hall–Kier alpha value is -0.710. The Morgan fingerprint density at radius 1 is 0.912 bits per heavy atom. The van der Waals surface area contributed by atoms with E-state index >= 15 is 0 Å². The zero-order valence-electron chi connectivity index (χ0n) is 22.2. The van der Waals surface area contributed by atoms with Gasteiger partial charge < -0.3 is 14.9 Å². The van der Waals surface area contributed by atoms with Gasteiger partial charge in [0.2, 0.25) is 0 Å². The fraction of sp³-hybridized carbons (Fsp3) is 0.900. The molecule has 0 unspecified atom stereocenters. The van der Waals surface area contributed by atoms with Crippen molar-refractivity contribution in [2.24, 2.45) is 50.7 Å². The Morgan fingerprint density at radius 2 is 1.59 bits per heavy atom. The molecule has 0 aromatic rings. The van der Waals surface area contributed by atoms with Crippen molar-refractivity contribution in [3.05, 3.63) is 11.6 Å². The normalized spacial score (nSPS) is 57.3. The average Bonchev–Trinajstić information content (AvgIpc) is 3.25. The lowest BCUT2D eigenvalue weighted by Gasteiger charge is -2.62. The molecular formula is C30H46O4. The van der Waals surface area contributed by atoms with Gasteiger partial charge in [0.05, 0.1) is 6.10 Å². The van der Waals surface area contributed by atoms with Gasteiger partial charge in [0.15, 0.2) is 6.29 Å². The highest BCUT2D eigenvalue weighted by molar-refractivity contribution is 5.86. The highest BCUT2D eigenvalue weighted by atomic mass is 16.6. The van der Waals surface area contributed by atoms with Crippen molar-refractivity contribution in [2.45, 2.75) is 118 Å². The van der Waals surface area contributed by atoms with Crippen LogP contribution in [-0.2, 0) is 9.53 Å². The van der Waals surface area contributed by atoms with E-state index in [4.69, 9.17) is 4.74 Å². The van der Waals surface area contributed by atoms with Crippen LogP contribution in [0.2, 0.25) is 0 Å². The van der Waals surface area contributed by atoms with Gasteiger partial charge in [-0.25, -0.2) is 0 Å². The fourth-order valence-corrected chi connectivity index (χ4v) is 11.5. The van der Waals surface area contributed by atoms with Crippen molar-refractivity contribution in [1.29, 1.82) is 0 Å². The predicted octanol–water partition coefficient (Wildman–Crippen LogP) is 5.66. The number of ketones is 1. The molecule has 0 aromatic carbocycles. The monoisotopic (exact) mass is 470 g/mol. The molecule has 6 fully saturated rings. The number of hydrogen-bond acceptors (Lipinski definition) is 4. The van der Waals surface area contributed by atoms with Crippen LogP contribution in [0.15, 0.2) is 11.6 Å². The van der Waals surface area contributed by atoms with E-state index in [1.54, 1.807) is 0 Å². The van der Waals surface area contributed by atoms with E-state index in [0.29, 0.717) is 28.4 Å². The molecule has 2 spiro atoms. The van der Waals surface area contributed by atoms with E-state index in [0.717, 1.165) is 24.8 Å². The van der Waals surface area contributed by atoms with E-state index in [9.17, 15) is 15.0 Å². The minimum Gasteiger partial charge on any atom is -0.390 e. The van der Waals surface area contributed by atoms with E-state index in [1.165, 1.54) is 38.5 Å². The van der Waals surface area contributed by atoms with Crippen LogP contribution >= 0.6 is 0 Å². The molecule has 1 saturated heterocycles. The van der Waals surface area contributed by atoms with Crippen LogP contribution in [0.4, 0.5) is 0 Å². The Morgan fingerprint density at radius 3 is 2.29 bits per heavy atom. The van der Waals surface area contributed by atoms with Gasteiger partial charge >= 0.3 is 0 Å². The molecule has 11 atom stereocenters. The van der Waals surface area contributed by atoms with Crippen molar-refractivity contribution in [3.8, 4) is 0 Å². The molecule has 0 bridgehead atoms. The third-order valence-corrected chi connectivity index (χ3v) is 13.2. The number of hydrogen-bond donors (Lipinski definition) is 2. The number of fused-ring (bicyclic) bond motifs is 2. The molecule has 1 aliphatic heterocycles. The van der Waals surface area contributed by atoms with E-state index in [2.05, 4.69) is 27.7 Å². The van der Waals surface area contributed by atoms with Crippen molar-refractivity contribution < 1.29 is 19.7 Å². The van der Waals surface area contributed by atoms with Gasteiger partial charge in [-0.05, 0) is 105 Å². The number of carbonyl (C=O) groups is 1. The molecular weight excluding hydrogens is 424 g/mol. The van der Waals surface area contributed by atoms with Crippen LogP contribution in [0.25, 0.3) is 0 Å².